The van der Waals surface area contributed by atoms with Crippen molar-refractivity contribution in [1.29, 1.82) is 0 Å². The fraction of sp³-hybridized carbons (Fsp3) is 0.286. The van der Waals surface area contributed by atoms with E-state index in [1.165, 1.54) is 15.8 Å². The Hall–Kier alpha value is -2.93. The molecule has 2 aromatic carbocycles. The third-order valence-corrected chi connectivity index (χ3v) is 5.66. The SMILES string of the molecule is Cc1cccc(N2CCN(C(=O)c3ccc4c(=O)n(C)c(=S)[nH]c4c3)CC2)c1. The number of rotatable bonds is 2. The van der Waals surface area contributed by atoms with Gasteiger partial charge in [-0.1, -0.05) is 12.1 Å². The van der Waals surface area contributed by atoms with Crippen LogP contribution in [0.15, 0.2) is 47.3 Å². The maximum absolute atomic E-state index is 13.0. The van der Waals surface area contributed by atoms with Crippen molar-refractivity contribution < 1.29 is 4.79 Å². The number of nitrogens with zero attached hydrogens (tertiary/aromatic N) is 3. The van der Waals surface area contributed by atoms with Gasteiger partial charge < -0.3 is 14.8 Å². The summed E-state index contributed by atoms with van der Waals surface area (Å²) in [7, 11) is 1.63. The van der Waals surface area contributed by atoms with Gasteiger partial charge in [0.2, 0.25) is 0 Å². The lowest BCUT2D eigenvalue weighted by molar-refractivity contribution is 0.0747. The van der Waals surface area contributed by atoms with Crippen LogP contribution in [0.5, 0.6) is 0 Å². The molecular formula is C21H22N4O2S. The molecule has 28 heavy (non-hydrogen) atoms. The van der Waals surface area contributed by atoms with Crippen LogP contribution >= 0.6 is 12.2 Å². The molecule has 0 atom stereocenters. The molecule has 0 radical (unpaired) electrons. The number of aryl methyl sites for hydroxylation is 1. The molecule has 0 saturated carbocycles. The zero-order valence-electron chi connectivity index (χ0n) is 15.9. The smallest absolute Gasteiger partial charge is 0.261 e. The van der Waals surface area contributed by atoms with Crippen molar-refractivity contribution in [2.24, 2.45) is 7.05 Å². The third-order valence-electron chi connectivity index (χ3n) is 5.28. The Morgan fingerprint density at radius 1 is 1.07 bits per heavy atom. The van der Waals surface area contributed by atoms with Gasteiger partial charge in [0, 0.05) is 44.5 Å². The number of benzene rings is 2. The number of H-pyrrole nitrogens is 1. The van der Waals surface area contributed by atoms with Crippen LogP contribution in [0.25, 0.3) is 10.9 Å². The first-order valence-corrected chi connectivity index (χ1v) is 9.69. The molecule has 6 nitrogen and oxygen atoms in total. The second-order valence-electron chi connectivity index (χ2n) is 7.17. The summed E-state index contributed by atoms with van der Waals surface area (Å²) in [5.41, 5.74) is 3.43. The van der Waals surface area contributed by atoms with Gasteiger partial charge in [0.05, 0.1) is 10.9 Å². The molecule has 1 fully saturated rings. The van der Waals surface area contributed by atoms with E-state index in [0.717, 1.165) is 13.1 Å². The summed E-state index contributed by atoms with van der Waals surface area (Å²) >= 11 is 5.18. The topological polar surface area (TPSA) is 61.3 Å². The van der Waals surface area contributed by atoms with Crippen LogP contribution in [0.3, 0.4) is 0 Å². The fourth-order valence-electron chi connectivity index (χ4n) is 3.61. The molecule has 4 rings (SSSR count). The van der Waals surface area contributed by atoms with Crippen LogP contribution in [-0.2, 0) is 7.05 Å². The summed E-state index contributed by atoms with van der Waals surface area (Å²) in [5, 5.41) is 0.525. The summed E-state index contributed by atoms with van der Waals surface area (Å²) in [5.74, 6) is -0.0224. The van der Waals surface area contributed by atoms with Gasteiger partial charge in [-0.25, -0.2) is 0 Å². The molecule has 144 valence electrons. The first-order chi connectivity index (χ1) is 13.4. The molecule has 1 aliphatic heterocycles. The van der Waals surface area contributed by atoms with E-state index in [9.17, 15) is 9.59 Å². The standard InChI is InChI=1S/C21H22N4O2S/c1-14-4-3-5-16(12-14)24-8-10-25(11-9-24)19(26)15-6-7-17-18(13-15)22-21(28)23(2)20(17)27/h3-7,12-13H,8-11H2,1-2H3,(H,22,28). The van der Waals surface area contributed by atoms with E-state index < -0.39 is 0 Å². The highest BCUT2D eigenvalue weighted by molar-refractivity contribution is 7.71. The zero-order chi connectivity index (χ0) is 19.8. The number of aromatic nitrogens is 2. The molecular weight excluding hydrogens is 372 g/mol. The zero-order valence-corrected chi connectivity index (χ0v) is 16.8. The number of fused-ring (bicyclic) bond motifs is 1. The number of hydrogen-bond donors (Lipinski definition) is 1. The Morgan fingerprint density at radius 3 is 2.54 bits per heavy atom. The minimum Gasteiger partial charge on any atom is -0.368 e. The van der Waals surface area contributed by atoms with E-state index in [4.69, 9.17) is 12.2 Å². The largest absolute Gasteiger partial charge is 0.368 e. The van der Waals surface area contributed by atoms with Gasteiger partial charge in [-0.2, -0.15) is 0 Å². The Balaban J connectivity index is 1.53. The van der Waals surface area contributed by atoms with Gasteiger partial charge in [0.1, 0.15) is 0 Å². The van der Waals surface area contributed by atoms with Crippen molar-refractivity contribution in [1.82, 2.24) is 14.5 Å². The number of anilines is 1. The minimum atomic E-state index is -0.162. The van der Waals surface area contributed by atoms with Gasteiger partial charge in [0.25, 0.3) is 11.5 Å². The lowest BCUT2D eigenvalue weighted by Gasteiger charge is -2.36. The van der Waals surface area contributed by atoms with Crippen molar-refractivity contribution in [3.63, 3.8) is 0 Å². The van der Waals surface area contributed by atoms with E-state index in [-0.39, 0.29) is 11.5 Å². The van der Waals surface area contributed by atoms with Crippen molar-refractivity contribution in [2.45, 2.75) is 6.92 Å². The molecule has 3 aromatic rings. The molecule has 1 saturated heterocycles. The summed E-state index contributed by atoms with van der Waals surface area (Å²) < 4.78 is 1.73. The Morgan fingerprint density at radius 2 is 1.82 bits per heavy atom. The summed E-state index contributed by atoms with van der Waals surface area (Å²) in [4.78, 5) is 32.5. The number of carbonyl (C=O) groups is 1. The lowest BCUT2D eigenvalue weighted by atomic mass is 10.1. The van der Waals surface area contributed by atoms with Crippen LogP contribution < -0.4 is 10.5 Å². The summed E-state index contributed by atoms with van der Waals surface area (Å²) in [6.45, 7) is 5.01. The minimum absolute atomic E-state index is 0.0224. The molecule has 7 heteroatoms. The Kier molecular flexibility index (Phi) is 4.77. The summed E-state index contributed by atoms with van der Waals surface area (Å²) in [6, 6.07) is 13.6. The van der Waals surface area contributed by atoms with Gasteiger partial charge in [-0.3, -0.25) is 14.2 Å². The highest BCUT2D eigenvalue weighted by atomic mass is 32.1. The quantitative estimate of drug-likeness (QED) is 0.679. The average molecular weight is 395 g/mol. The predicted molar refractivity (Wildman–Crippen MR) is 114 cm³/mol. The van der Waals surface area contributed by atoms with Gasteiger partial charge in [-0.05, 0) is 55.0 Å². The number of aromatic amines is 1. The maximum atomic E-state index is 13.0. The fourth-order valence-corrected chi connectivity index (χ4v) is 3.81. The molecule has 1 aromatic heterocycles. The van der Waals surface area contributed by atoms with Crippen LogP contribution in [-0.4, -0.2) is 46.5 Å². The lowest BCUT2D eigenvalue weighted by Crippen LogP contribution is -2.48. The number of carbonyl (C=O) groups excluding carboxylic acids is 1. The monoisotopic (exact) mass is 394 g/mol. The Bertz CT molecular complexity index is 1170. The van der Waals surface area contributed by atoms with Crippen molar-refractivity contribution in [2.75, 3.05) is 31.1 Å². The highest BCUT2D eigenvalue weighted by Crippen LogP contribution is 2.19. The van der Waals surface area contributed by atoms with E-state index in [2.05, 4.69) is 41.1 Å². The predicted octanol–water partition coefficient (Wildman–Crippen LogP) is 2.87. The molecule has 0 aliphatic carbocycles. The van der Waals surface area contributed by atoms with Crippen molar-refractivity contribution >= 4 is 34.7 Å². The average Bonchev–Trinajstić information content (AvgIpc) is 2.71. The van der Waals surface area contributed by atoms with Gasteiger partial charge >= 0.3 is 0 Å². The van der Waals surface area contributed by atoms with Crippen LogP contribution in [0.2, 0.25) is 0 Å². The van der Waals surface area contributed by atoms with Crippen LogP contribution in [0, 0.1) is 11.7 Å². The molecule has 1 N–H and O–H groups in total. The number of piperazine rings is 1. The van der Waals surface area contributed by atoms with Crippen LogP contribution in [0.4, 0.5) is 5.69 Å². The van der Waals surface area contributed by atoms with E-state index in [1.807, 2.05) is 4.90 Å². The molecule has 1 amide bonds. The second-order valence-corrected chi connectivity index (χ2v) is 7.56. The van der Waals surface area contributed by atoms with Crippen molar-refractivity contribution in [3.05, 3.63) is 68.7 Å². The molecule has 0 unspecified atom stereocenters. The van der Waals surface area contributed by atoms with Gasteiger partial charge in [0.15, 0.2) is 4.77 Å². The first kappa shape index (κ1) is 18.4. The number of hydrogen-bond acceptors (Lipinski definition) is 4. The van der Waals surface area contributed by atoms with E-state index in [1.54, 1.807) is 25.2 Å². The molecule has 1 aliphatic rings. The Labute approximate surface area is 168 Å². The number of amides is 1. The molecule has 0 bridgehead atoms. The van der Waals surface area contributed by atoms with E-state index >= 15 is 0 Å². The maximum Gasteiger partial charge on any atom is 0.261 e. The number of nitrogens with one attached hydrogen (secondary N) is 1. The normalized spacial score (nSPS) is 14.5. The third kappa shape index (κ3) is 3.33. The summed E-state index contributed by atoms with van der Waals surface area (Å²) in [6.07, 6.45) is 0. The second kappa shape index (κ2) is 7.24. The molecule has 2 heterocycles. The van der Waals surface area contributed by atoms with E-state index in [0.29, 0.717) is 34.3 Å². The molecule has 0 spiro atoms. The van der Waals surface area contributed by atoms with Crippen LogP contribution in [0.1, 0.15) is 15.9 Å². The first-order valence-electron chi connectivity index (χ1n) is 9.28. The highest BCUT2D eigenvalue weighted by Gasteiger charge is 2.22. The van der Waals surface area contributed by atoms with Crippen molar-refractivity contribution in [3.8, 4) is 0 Å². The van der Waals surface area contributed by atoms with Gasteiger partial charge in [-0.15, -0.1) is 0 Å².